The zero-order chi connectivity index (χ0) is 27.7. The minimum absolute atomic E-state index is 0.0143. The number of rotatable bonds is 7. The summed E-state index contributed by atoms with van der Waals surface area (Å²) in [5, 5.41) is 14.0. The van der Waals surface area contributed by atoms with Gasteiger partial charge in [0.05, 0.1) is 41.6 Å². The number of carbonyl (C=O) groups is 1. The summed E-state index contributed by atoms with van der Waals surface area (Å²) in [5.74, 6) is 0.988. The predicted molar refractivity (Wildman–Crippen MR) is 147 cm³/mol. The van der Waals surface area contributed by atoms with Crippen LogP contribution in [0.1, 0.15) is 32.1 Å². The van der Waals surface area contributed by atoms with Crippen LogP contribution in [0.2, 0.25) is 5.02 Å². The van der Waals surface area contributed by atoms with Crippen molar-refractivity contribution in [3.63, 3.8) is 0 Å². The number of nitrogens with zero attached hydrogens (tertiary/aromatic N) is 4. The maximum atomic E-state index is 14.5. The number of likely N-dealkylation sites (tertiary alicyclic amines) is 1. The van der Waals surface area contributed by atoms with Gasteiger partial charge < -0.3 is 24.8 Å². The van der Waals surface area contributed by atoms with Gasteiger partial charge in [-0.05, 0) is 50.3 Å². The Morgan fingerprint density at radius 3 is 2.67 bits per heavy atom. The number of methoxy groups -OCH3 is 1. The lowest BCUT2D eigenvalue weighted by molar-refractivity contribution is -0.134. The van der Waals surface area contributed by atoms with Gasteiger partial charge in [0.25, 0.3) is 0 Å². The zero-order valence-corrected chi connectivity index (χ0v) is 23.0. The molecule has 2 aliphatic rings. The van der Waals surface area contributed by atoms with Crippen LogP contribution in [0.3, 0.4) is 0 Å². The van der Waals surface area contributed by atoms with Gasteiger partial charge in [-0.1, -0.05) is 17.7 Å². The van der Waals surface area contributed by atoms with Gasteiger partial charge >= 0.3 is 0 Å². The third-order valence-corrected chi connectivity index (χ3v) is 7.87. The first kappa shape index (κ1) is 27.4. The van der Waals surface area contributed by atoms with Gasteiger partial charge in [-0.15, -0.1) is 0 Å². The maximum absolute atomic E-state index is 14.5. The van der Waals surface area contributed by atoms with Crippen molar-refractivity contribution in [1.82, 2.24) is 19.8 Å². The van der Waals surface area contributed by atoms with Crippen molar-refractivity contribution in [3.8, 4) is 11.5 Å². The molecule has 1 aromatic heterocycles. The number of aromatic nitrogens is 2. The second-order valence-electron chi connectivity index (χ2n) is 10.4. The van der Waals surface area contributed by atoms with Crippen LogP contribution in [0.25, 0.3) is 10.9 Å². The Morgan fingerprint density at radius 1 is 1.18 bits per heavy atom. The lowest BCUT2D eigenvalue weighted by Crippen LogP contribution is -2.49. The van der Waals surface area contributed by atoms with E-state index in [9.17, 15) is 14.3 Å². The van der Waals surface area contributed by atoms with Crippen molar-refractivity contribution >= 4 is 39.9 Å². The van der Waals surface area contributed by atoms with E-state index in [2.05, 4.69) is 20.2 Å². The highest BCUT2D eigenvalue weighted by Gasteiger charge is 2.41. The third kappa shape index (κ3) is 5.73. The van der Waals surface area contributed by atoms with Crippen molar-refractivity contribution < 1.29 is 23.8 Å². The molecule has 2 heterocycles. The van der Waals surface area contributed by atoms with Crippen molar-refractivity contribution in [1.29, 1.82) is 0 Å². The number of ether oxygens (including phenoxy) is 2. The summed E-state index contributed by atoms with van der Waals surface area (Å²) in [6.45, 7) is 0.516. The number of hydrogen-bond donors (Lipinski definition) is 2. The average Bonchev–Trinajstić information content (AvgIpc) is 3.32. The summed E-state index contributed by atoms with van der Waals surface area (Å²) >= 11 is 5.95. The first-order valence-corrected chi connectivity index (χ1v) is 13.5. The van der Waals surface area contributed by atoms with E-state index in [0.29, 0.717) is 41.2 Å². The Morgan fingerprint density at radius 2 is 1.95 bits per heavy atom. The highest BCUT2D eigenvalue weighted by molar-refractivity contribution is 6.31. The number of aliphatic hydroxyl groups excluding tert-OH is 1. The van der Waals surface area contributed by atoms with Gasteiger partial charge in [-0.3, -0.25) is 9.69 Å². The van der Waals surface area contributed by atoms with Crippen LogP contribution in [0, 0.1) is 5.82 Å². The van der Waals surface area contributed by atoms with Crippen LogP contribution in [0.15, 0.2) is 36.7 Å². The van der Waals surface area contributed by atoms with E-state index >= 15 is 0 Å². The monoisotopic (exact) mass is 557 g/mol. The van der Waals surface area contributed by atoms with E-state index in [4.69, 9.17) is 21.1 Å². The second kappa shape index (κ2) is 11.5. The zero-order valence-electron chi connectivity index (χ0n) is 22.2. The molecular formula is C28H33ClFN5O4. The van der Waals surface area contributed by atoms with Gasteiger partial charge in [-0.25, -0.2) is 14.4 Å². The number of aliphatic hydroxyl groups is 1. The topological polar surface area (TPSA) is 100 Å². The molecule has 1 amide bonds. The minimum atomic E-state index is -0.562. The fourth-order valence-corrected chi connectivity index (χ4v) is 5.77. The van der Waals surface area contributed by atoms with Crippen molar-refractivity contribution in [2.24, 2.45) is 0 Å². The number of halogens is 2. The van der Waals surface area contributed by atoms with E-state index in [-0.39, 0.29) is 34.8 Å². The quantitative estimate of drug-likeness (QED) is 0.441. The molecule has 11 heteroatoms. The normalized spacial score (nSPS) is 23.5. The first-order chi connectivity index (χ1) is 18.7. The number of anilines is 2. The molecule has 208 valence electrons. The van der Waals surface area contributed by atoms with Crippen LogP contribution in [0.5, 0.6) is 11.5 Å². The highest BCUT2D eigenvalue weighted by atomic mass is 35.5. The summed E-state index contributed by atoms with van der Waals surface area (Å²) in [6, 6.07) is 8.25. The Kier molecular flexibility index (Phi) is 8.06. The number of fused-ring (bicyclic) bond motifs is 1. The molecule has 1 saturated heterocycles. The van der Waals surface area contributed by atoms with E-state index in [1.807, 2.05) is 6.07 Å². The lowest BCUT2D eigenvalue weighted by atomic mass is 9.91. The highest BCUT2D eigenvalue weighted by Crippen LogP contribution is 2.38. The van der Waals surface area contributed by atoms with Crippen LogP contribution < -0.4 is 14.8 Å². The van der Waals surface area contributed by atoms with Crippen LogP contribution >= 0.6 is 11.6 Å². The van der Waals surface area contributed by atoms with Crippen molar-refractivity contribution in [3.05, 3.63) is 47.5 Å². The Labute approximate surface area is 231 Å². The van der Waals surface area contributed by atoms with Crippen LogP contribution in [-0.4, -0.2) is 82.8 Å². The van der Waals surface area contributed by atoms with Crippen molar-refractivity contribution in [2.45, 2.75) is 56.4 Å². The van der Waals surface area contributed by atoms with E-state index < -0.39 is 11.9 Å². The minimum Gasteiger partial charge on any atom is -0.493 e. The summed E-state index contributed by atoms with van der Waals surface area (Å²) in [4.78, 5) is 25.1. The molecule has 39 heavy (non-hydrogen) atoms. The molecule has 0 spiro atoms. The van der Waals surface area contributed by atoms with Gasteiger partial charge in [-0.2, -0.15) is 0 Å². The van der Waals surface area contributed by atoms with Crippen molar-refractivity contribution in [2.75, 3.05) is 33.1 Å². The maximum Gasteiger partial charge on any atom is 0.239 e. The Balaban J connectivity index is 1.32. The summed E-state index contributed by atoms with van der Waals surface area (Å²) in [6.07, 6.45) is 4.64. The van der Waals surface area contributed by atoms with Gasteiger partial charge in [0.15, 0.2) is 17.3 Å². The Hall–Kier alpha value is -3.21. The molecule has 2 fully saturated rings. The molecule has 5 rings (SSSR count). The first-order valence-electron chi connectivity index (χ1n) is 13.1. The van der Waals surface area contributed by atoms with E-state index in [0.717, 1.165) is 25.7 Å². The summed E-state index contributed by atoms with van der Waals surface area (Å²) < 4.78 is 26.6. The molecule has 1 aliphatic carbocycles. The number of amides is 1. The number of β-amino-alcohol motifs (C(OH)–C–C–N with tert-alkyl or cyclic N) is 1. The van der Waals surface area contributed by atoms with Gasteiger partial charge in [0, 0.05) is 38.1 Å². The number of benzene rings is 2. The molecule has 3 aromatic rings. The lowest BCUT2D eigenvalue weighted by Gasteiger charge is -2.38. The van der Waals surface area contributed by atoms with Crippen LogP contribution in [0.4, 0.5) is 15.9 Å². The molecular weight excluding hydrogens is 525 g/mol. The van der Waals surface area contributed by atoms with Gasteiger partial charge in [0.2, 0.25) is 5.91 Å². The number of nitrogens with one attached hydrogen (secondary N) is 1. The molecule has 2 aromatic carbocycles. The molecule has 1 aliphatic heterocycles. The van der Waals surface area contributed by atoms with E-state index in [1.54, 1.807) is 44.3 Å². The van der Waals surface area contributed by atoms with Crippen LogP contribution in [-0.2, 0) is 4.79 Å². The molecule has 2 N–H and O–H groups in total. The predicted octanol–water partition coefficient (Wildman–Crippen LogP) is 4.39. The van der Waals surface area contributed by atoms with E-state index in [1.165, 1.54) is 12.4 Å². The molecule has 0 bridgehead atoms. The smallest absolute Gasteiger partial charge is 0.239 e. The van der Waals surface area contributed by atoms with Gasteiger partial charge in [0.1, 0.15) is 12.1 Å². The fraction of sp³-hybridized carbons (Fsp3) is 0.464. The fourth-order valence-electron chi connectivity index (χ4n) is 5.60. The molecule has 1 saturated carbocycles. The number of likely N-dealkylation sites (N-methyl/N-ethyl adjacent to an activating group) is 1. The largest absolute Gasteiger partial charge is 0.493 e. The number of carbonyl (C=O) groups excluding carboxylic acids is 1. The molecule has 0 radical (unpaired) electrons. The Bertz CT molecular complexity index is 1350. The summed E-state index contributed by atoms with van der Waals surface area (Å²) in [7, 11) is 5.09. The standard InChI is InChI=1S/C28H33ClFN5O4/c1-34(2)28(37)23-11-17(36)14-35(23)16-7-9-18(10-8-16)39-25-12-19-22(13-24(25)38-3)31-15-32-27(19)33-21-6-4-5-20(29)26(21)30/h4-6,12-13,15-18,23,36H,7-11,14H2,1-3H3,(H,31,32,33)/t16?,17-,18?,23+/m1/s1. The third-order valence-electron chi connectivity index (χ3n) is 7.57. The average molecular weight is 558 g/mol. The SMILES string of the molecule is COc1cc2ncnc(Nc3cccc(Cl)c3F)c2cc1OC1CCC(N2C[C@H](O)C[C@H]2C(=O)N(C)C)CC1. The summed E-state index contributed by atoms with van der Waals surface area (Å²) in [5.41, 5.74) is 0.823. The second-order valence-corrected chi connectivity index (χ2v) is 10.8. The molecule has 2 atom stereocenters. The number of hydrogen-bond acceptors (Lipinski definition) is 8. The molecule has 0 unspecified atom stereocenters. The molecule has 9 nitrogen and oxygen atoms in total.